The Balaban J connectivity index is 2.40. The zero-order valence-corrected chi connectivity index (χ0v) is 9.06. The molecule has 0 aliphatic heterocycles. The second-order valence-corrected chi connectivity index (χ2v) is 4.28. The molecule has 4 heteroatoms. The Hall–Kier alpha value is -0.610. The van der Waals surface area contributed by atoms with Crippen LogP contribution in [0.4, 0.5) is 5.13 Å². The van der Waals surface area contributed by atoms with Crippen LogP contribution in [0.15, 0.2) is 5.38 Å². The predicted octanol–water partition coefficient (Wildman–Crippen LogP) is 2.02. The highest BCUT2D eigenvalue weighted by Crippen LogP contribution is 2.16. The number of hydrogen-bond donors (Lipinski definition) is 2. The van der Waals surface area contributed by atoms with E-state index in [1.807, 2.05) is 19.2 Å². The molecule has 0 aromatic carbocycles. The highest BCUT2D eigenvalue weighted by molar-refractivity contribution is 7.13. The van der Waals surface area contributed by atoms with E-state index in [4.69, 9.17) is 5.11 Å². The molecule has 1 aromatic rings. The first-order chi connectivity index (χ1) is 6.08. The van der Waals surface area contributed by atoms with Crippen LogP contribution in [0.25, 0.3) is 0 Å². The minimum Gasteiger partial charge on any atom is -0.393 e. The van der Waals surface area contributed by atoms with Crippen molar-refractivity contribution < 1.29 is 5.11 Å². The second-order valence-electron chi connectivity index (χ2n) is 3.42. The van der Waals surface area contributed by atoms with Gasteiger partial charge in [-0.3, -0.25) is 0 Å². The van der Waals surface area contributed by atoms with Crippen LogP contribution >= 0.6 is 11.3 Å². The van der Waals surface area contributed by atoms with Crippen LogP contribution in [-0.2, 0) is 0 Å². The Bertz CT molecular complexity index is 260. The molecule has 1 heterocycles. The molecule has 0 fully saturated rings. The Morgan fingerprint density at radius 3 is 2.77 bits per heavy atom. The van der Waals surface area contributed by atoms with E-state index in [1.54, 1.807) is 18.3 Å². The summed E-state index contributed by atoms with van der Waals surface area (Å²) in [6, 6.07) is 0.269. The normalized spacial score (nSPS) is 15.4. The van der Waals surface area contributed by atoms with Gasteiger partial charge in [-0.2, -0.15) is 0 Å². The van der Waals surface area contributed by atoms with E-state index in [0.717, 1.165) is 17.2 Å². The molecule has 0 aliphatic rings. The fourth-order valence-corrected chi connectivity index (χ4v) is 2.00. The fourth-order valence-electron chi connectivity index (χ4n) is 1.20. The summed E-state index contributed by atoms with van der Waals surface area (Å²) in [5.41, 5.74) is 1.04. The van der Waals surface area contributed by atoms with E-state index >= 15 is 0 Å². The molecular formula is C9H16N2OS. The van der Waals surface area contributed by atoms with Crippen LogP contribution in [0.1, 0.15) is 26.0 Å². The first kappa shape index (κ1) is 10.5. The third-order valence-corrected chi connectivity index (χ3v) is 2.57. The van der Waals surface area contributed by atoms with Gasteiger partial charge < -0.3 is 10.4 Å². The number of rotatable bonds is 4. The predicted molar refractivity (Wildman–Crippen MR) is 56.2 cm³/mol. The summed E-state index contributed by atoms with van der Waals surface area (Å²) >= 11 is 1.60. The SMILES string of the molecule is Cc1csc(NC(C)CC(C)O)n1. The van der Waals surface area contributed by atoms with Crippen LogP contribution in [0, 0.1) is 6.92 Å². The minimum atomic E-state index is -0.261. The monoisotopic (exact) mass is 200 g/mol. The topological polar surface area (TPSA) is 45.1 Å². The molecule has 3 nitrogen and oxygen atoms in total. The molecule has 0 amide bonds. The number of aliphatic hydroxyl groups is 1. The summed E-state index contributed by atoms with van der Waals surface area (Å²) in [6.07, 6.45) is 0.488. The lowest BCUT2D eigenvalue weighted by Gasteiger charge is -2.13. The first-order valence-corrected chi connectivity index (χ1v) is 5.32. The molecule has 1 rings (SSSR count). The molecule has 0 bridgehead atoms. The molecule has 0 saturated heterocycles. The summed E-state index contributed by atoms with van der Waals surface area (Å²) in [4.78, 5) is 4.28. The van der Waals surface area contributed by atoms with Gasteiger partial charge in [-0.15, -0.1) is 11.3 Å². The number of hydrogen-bond acceptors (Lipinski definition) is 4. The molecule has 1 aromatic heterocycles. The molecule has 0 spiro atoms. The van der Waals surface area contributed by atoms with Gasteiger partial charge in [-0.1, -0.05) is 0 Å². The van der Waals surface area contributed by atoms with Crippen LogP contribution in [0.3, 0.4) is 0 Å². The molecular weight excluding hydrogens is 184 g/mol. The van der Waals surface area contributed by atoms with E-state index in [2.05, 4.69) is 10.3 Å². The van der Waals surface area contributed by atoms with E-state index < -0.39 is 0 Å². The molecule has 0 saturated carbocycles. The molecule has 74 valence electrons. The van der Waals surface area contributed by atoms with Gasteiger partial charge in [-0.25, -0.2) is 4.98 Å². The van der Waals surface area contributed by atoms with Crippen molar-refractivity contribution in [2.45, 2.75) is 39.3 Å². The van der Waals surface area contributed by atoms with Crippen LogP contribution < -0.4 is 5.32 Å². The van der Waals surface area contributed by atoms with Crippen molar-refractivity contribution >= 4 is 16.5 Å². The van der Waals surface area contributed by atoms with Crippen molar-refractivity contribution in [1.29, 1.82) is 0 Å². The molecule has 0 aliphatic carbocycles. The smallest absolute Gasteiger partial charge is 0.183 e. The summed E-state index contributed by atoms with van der Waals surface area (Å²) < 4.78 is 0. The maximum absolute atomic E-state index is 9.15. The Kier molecular flexibility index (Phi) is 3.69. The number of anilines is 1. The van der Waals surface area contributed by atoms with Crippen molar-refractivity contribution in [2.24, 2.45) is 0 Å². The molecule has 13 heavy (non-hydrogen) atoms. The third kappa shape index (κ3) is 3.74. The zero-order valence-electron chi connectivity index (χ0n) is 8.24. The molecule has 2 N–H and O–H groups in total. The summed E-state index contributed by atoms with van der Waals surface area (Å²) in [5, 5.41) is 15.3. The number of thiazole rings is 1. The van der Waals surface area contributed by atoms with E-state index in [0.29, 0.717) is 0 Å². The summed E-state index contributed by atoms with van der Waals surface area (Å²) in [6.45, 7) is 5.82. The average Bonchev–Trinajstić information content (AvgIpc) is 2.33. The Labute approximate surface area is 82.8 Å². The van der Waals surface area contributed by atoms with Crippen molar-refractivity contribution in [1.82, 2.24) is 4.98 Å². The van der Waals surface area contributed by atoms with Crippen molar-refractivity contribution in [2.75, 3.05) is 5.32 Å². The van der Waals surface area contributed by atoms with Gasteiger partial charge in [0, 0.05) is 11.4 Å². The maximum atomic E-state index is 9.15. The minimum absolute atomic E-state index is 0.261. The van der Waals surface area contributed by atoms with Gasteiger partial charge >= 0.3 is 0 Å². The number of nitrogens with zero attached hydrogens (tertiary/aromatic N) is 1. The van der Waals surface area contributed by atoms with Crippen molar-refractivity contribution in [3.8, 4) is 0 Å². The van der Waals surface area contributed by atoms with Crippen molar-refractivity contribution in [3.63, 3.8) is 0 Å². The lowest BCUT2D eigenvalue weighted by molar-refractivity contribution is 0.179. The molecule has 0 radical (unpaired) electrons. The van der Waals surface area contributed by atoms with Crippen molar-refractivity contribution in [3.05, 3.63) is 11.1 Å². The van der Waals surface area contributed by atoms with Gasteiger partial charge in [0.2, 0.25) is 0 Å². The van der Waals surface area contributed by atoms with E-state index in [9.17, 15) is 0 Å². The van der Waals surface area contributed by atoms with E-state index in [1.165, 1.54) is 0 Å². The highest BCUT2D eigenvalue weighted by atomic mass is 32.1. The van der Waals surface area contributed by atoms with Gasteiger partial charge in [0.05, 0.1) is 11.8 Å². The average molecular weight is 200 g/mol. The van der Waals surface area contributed by atoms with Crippen LogP contribution in [0.5, 0.6) is 0 Å². The summed E-state index contributed by atoms with van der Waals surface area (Å²) in [7, 11) is 0. The van der Waals surface area contributed by atoms with Gasteiger partial charge in [0.1, 0.15) is 0 Å². The van der Waals surface area contributed by atoms with E-state index in [-0.39, 0.29) is 12.1 Å². The quantitative estimate of drug-likeness (QED) is 0.781. The third-order valence-electron chi connectivity index (χ3n) is 1.68. The second kappa shape index (κ2) is 4.58. The maximum Gasteiger partial charge on any atom is 0.183 e. The van der Waals surface area contributed by atoms with Crippen LogP contribution in [-0.4, -0.2) is 22.2 Å². The number of aliphatic hydroxyl groups excluding tert-OH is 1. The zero-order chi connectivity index (χ0) is 9.84. The number of nitrogens with one attached hydrogen (secondary N) is 1. The number of aromatic nitrogens is 1. The molecule has 2 unspecified atom stereocenters. The fraction of sp³-hybridized carbons (Fsp3) is 0.667. The lowest BCUT2D eigenvalue weighted by Crippen LogP contribution is -2.20. The van der Waals surface area contributed by atoms with Gasteiger partial charge in [-0.05, 0) is 27.2 Å². The Morgan fingerprint density at radius 2 is 2.31 bits per heavy atom. The number of aryl methyl sites for hydroxylation is 1. The van der Waals surface area contributed by atoms with Crippen LogP contribution in [0.2, 0.25) is 0 Å². The molecule has 2 atom stereocenters. The highest BCUT2D eigenvalue weighted by Gasteiger charge is 2.07. The largest absolute Gasteiger partial charge is 0.393 e. The summed E-state index contributed by atoms with van der Waals surface area (Å²) in [5.74, 6) is 0. The lowest BCUT2D eigenvalue weighted by atomic mass is 10.2. The Morgan fingerprint density at radius 1 is 1.62 bits per heavy atom. The van der Waals surface area contributed by atoms with Gasteiger partial charge in [0.25, 0.3) is 0 Å². The van der Waals surface area contributed by atoms with Gasteiger partial charge in [0.15, 0.2) is 5.13 Å². The first-order valence-electron chi connectivity index (χ1n) is 4.44. The standard InChI is InChI=1S/C9H16N2OS/c1-6(4-8(3)12)10-9-11-7(2)5-13-9/h5-6,8,12H,4H2,1-3H3,(H,10,11).